The summed E-state index contributed by atoms with van der Waals surface area (Å²) in [4.78, 5) is 6.45. The molecule has 0 heterocycles. The Bertz CT molecular complexity index is 147. The minimum atomic E-state index is 0.567. The number of rotatable bonds is 4. The third-order valence-electron chi connectivity index (χ3n) is 1.71. The normalized spacial score (nSPS) is 19.4. The molecular weight excluding hydrogens is 138 g/mol. The van der Waals surface area contributed by atoms with Crippen molar-refractivity contribution in [3.8, 4) is 0 Å². The summed E-state index contributed by atoms with van der Waals surface area (Å²) >= 11 is 0. The van der Waals surface area contributed by atoms with E-state index in [0.717, 1.165) is 18.8 Å². The van der Waals surface area contributed by atoms with Crippen LogP contribution in [-0.4, -0.2) is 37.4 Å². The second-order valence-electron chi connectivity index (χ2n) is 3.40. The lowest BCUT2D eigenvalue weighted by molar-refractivity contribution is 0.421. The maximum Gasteiger partial charge on any atom is 0.0953 e. The van der Waals surface area contributed by atoms with Crippen LogP contribution >= 0.6 is 0 Å². The zero-order valence-electron chi connectivity index (χ0n) is 7.38. The van der Waals surface area contributed by atoms with Crippen molar-refractivity contribution in [2.24, 2.45) is 10.7 Å². The van der Waals surface area contributed by atoms with E-state index in [4.69, 9.17) is 5.73 Å². The fourth-order valence-electron chi connectivity index (χ4n) is 0.841. The van der Waals surface area contributed by atoms with Gasteiger partial charge in [-0.25, -0.2) is 0 Å². The van der Waals surface area contributed by atoms with E-state index in [1.807, 2.05) is 14.1 Å². The van der Waals surface area contributed by atoms with Gasteiger partial charge in [-0.1, -0.05) is 0 Å². The summed E-state index contributed by atoms with van der Waals surface area (Å²) < 4.78 is 0. The molecule has 1 fully saturated rings. The average molecular weight is 155 g/mol. The van der Waals surface area contributed by atoms with Crippen molar-refractivity contribution >= 4 is 5.84 Å². The maximum absolute atomic E-state index is 5.69. The molecule has 0 saturated heterocycles. The van der Waals surface area contributed by atoms with Crippen LogP contribution in [0.2, 0.25) is 0 Å². The van der Waals surface area contributed by atoms with Crippen molar-refractivity contribution in [3.63, 3.8) is 0 Å². The molecule has 2 N–H and O–H groups in total. The maximum atomic E-state index is 5.69. The Balaban J connectivity index is 2.13. The van der Waals surface area contributed by atoms with E-state index in [2.05, 4.69) is 9.89 Å². The summed E-state index contributed by atoms with van der Waals surface area (Å²) in [5, 5.41) is 0. The Labute approximate surface area is 68.3 Å². The van der Waals surface area contributed by atoms with Crippen molar-refractivity contribution in [1.82, 2.24) is 4.90 Å². The molecule has 1 aliphatic carbocycles. The number of nitrogens with zero attached hydrogens (tertiary/aromatic N) is 2. The van der Waals surface area contributed by atoms with Crippen LogP contribution in [0.5, 0.6) is 0 Å². The standard InChI is InChI=1S/C8H17N3/c1-11(2)6-5-8(9)10-7-3-4-7/h7H,3-6H2,1-2H3,(H2,9,10). The van der Waals surface area contributed by atoms with Gasteiger partial charge in [-0.05, 0) is 26.9 Å². The van der Waals surface area contributed by atoms with Crippen molar-refractivity contribution in [2.75, 3.05) is 20.6 Å². The van der Waals surface area contributed by atoms with E-state index in [1.54, 1.807) is 0 Å². The van der Waals surface area contributed by atoms with Crippen LogP contribution in [0.3, 0.4) is 0 Å². The molecule has 0 aromatic rings. The van der Waals surface area contributed by atoms with Gasteiger partial charge in [0.25, 0.3) is 0 Å². The predicted octanol–water partition coefficient (Wildman–Crippen LogP) is 0.458. The van der Waals surface area contributed by atoms with Crippen LogP contribution in [0.25, 0.3) is 0 Å². The Morgan fingerprint density at radius 2 is 2.18 bits per heavy atom. The highest BCUT2D eigenvalue weighted by atomic mass is 15.1. The van der Waals surface area contributed by atoms with Gasteiger partial charge in [0.1, 0.15) is 0 Å². The average Bonchev–Trinajstić information content (AvgIpc) is 2.67. The minimum Gasteiger partial charge on any atom is -0.387 e. The second kappa shape index (κ2) is 3.72. The first-order chi connectivity index (χ1) is 5.18. The lowest BCUT2D eigenvalue weighted by Gasteiger charge is -2.07. The zero-order chi connectivity index (χ0) is 8.27. The number of nitrogens with two attached hydrogens (primary N) is 1. The van der Waals surface area contributed by atoms with Gasteiger partial charge in [0, 0.05) is 13.0 Å². The fraction of sp³-hybridized carbons (Fsp3) is 0.875. The van der Waals surface area contributed by atoms with Gasteiger partial charge >= 0.3 is 0 Å². The van der Waals surface area contributed by atoms with Gasteiger partial charge < -0.3 is 10.6 Å². The van der Waals surface area contributed by atoms with Crippen molar-refractivity contribution in [3.05, 3.63) is 0 Å². The third-order valence-corrected chi connectivity index (χ3v) is 1.71. The molecule has 0 atom stereocenters. The van der Waals surface area contributed by atoms with Crippen LogP contribution in [0, 0.1) is 0 Å². The van der Waals surface area contributed by atoms with Crippen LogP contribution in [0.1, 0.15) is 19.3 Å². The van der Waals surface area contributed by atoms with E-state index in [0.29, 0.717) is 6.04 Å². The van der Waals surface area contributed by atoms with E-state index in [1.165, 1.54) is 12.8 Å². The highest BCUT2D eigenvalue weighted by Crippen LogP contribution is 2.23. The Morgan fingerprint density at radius 1 is 1.55 bits per heavy atom. The first kappa shape index (κ1) is 8.53. The molecule has 0 unspecified atom stereocenters. The van der Waals surface area contributed by atoms with Crippen LogP contribution in [0.15, 0.2) is 4.99 Å². The van der Waals surface area contributed by atoms with E-state index >= 15 is 0 Å². The lowest BCUT2D eigenvalue weighted by Crippen LogP contribution is -2.21. The topological polar surface area (TPSA) is 41.6 Å². The van der Waals surface area contributed by atoms with Crippen LogP contribution < -0.4 is 5.73 Å². The Morgan fingerprint density at radius 3 is 2.64 bits per heavy atom. The highest BCUT2D eigenvalue weighted by molar-refractivity contribution is 5.80. The summed E-state index contributed by atoms with van der Waals surface area (Å²) in [7, 11) is 4.09. The van der Waals surface area contributed by atoms with Crippen molar-refractivity contribution in [2.45, 2.75) is 25.3 Å². The summed E-state index contributed by atoms with van der Waals surface area (Å²) in [6.45, 7) is 1.00. The van der Waals surface area contributed by atoms with Gasteiger partial charge in [0.2, 0.25) is 0 Å². The van der Waals surface area contributed by atoms with Crippen LogP contribution in [0.4, 0.5) is 0 Å². The predicted molar refractivity (Wildman–Crippen MR) is 47.8 cm³/mol. The Kier molecular flexibility index (Phi) is 2.88. The molecule has 3 nitrogen and oxygen atoms in total. The van der Waals surface area contributed by atoms with Gasteiger partial charge in [0.05, 0.1) is 11.9 Å². The molecule has 1 aliphatic rings. The van der Waals surface area contributed by atoms with Crippen molar-refractivity contribution in [1.29, 1.82) is 0 Å². The molecule has 11 heavy (non-hydrogen) atoms. The number of amidine groups is 1. The number of hydrogen-bond acceptors (Lipinski definition) is 2. The van der Waals surface area contributed by atoms with E-state index in [-0.39, 0.29) is 0 Å². The van der Waals surface area contributed by atoms with Gasteiger partial charge in [-0.3, -0.25) is 4.99 Å². The molecule has 1 saturated carbocycles. The first-order valence-corrected chi connectivity index (χ1v) is 4.15. The number of hydrogen-bond donors (Lipinski definition) is 1. The highest BCUT2D eigenvalue weighted by Gasteiger charge is 2.20. The van der Waals surface area contributed by atoms with E-state index in [9.17, 15) is 0 Å². The van der Waals surface area contributed by atoms with Gasteiger partial charge in [0.15, 0.2) is 0 Å². The third kappa shape index (κ3) is 3.98. The van der Waals surface area contributed by atoms with E-state index < -0.39 is 0 Å². The molecule has 0 aromatic carbocycles. The molecule has 1 rings (SSSR count). The SMILES string of the molecule is CN(C)CCC(N)=NC1CC1. The minimum absolute atomic E-state index is 0.567. The number of aliphatic imine (C=N–C) groups is 1. The lowest BCUT2D eigenvalue weighted by atomic mass is 10.4. The fourth-order valence-corrected chi connectivity index (χ4v) is 0.841. The summed E-state index contributed by atoms with van der Waals surface area (Å²) in [5.74, 6) is 0.821. The molecule has 0 spiro atoms. The smallest absolute Gasteiger partial charge is 0.0953 e. The summed E-state index contributed by atoms with van der Waals surface area (Å²) in [5.41, 5.74) is 5.69. The molecule has 64 valence electrons. The van der Waals surface area contributed by atoms with Gasteiger partial charge in [-0.15, -0.1) is 0 Å². The van der Waals surface area contributed by atoms with Crippen molar-refractivity contribution < 1.29 is 0 Å². The molecule has 0 aliphatic heterocycles. The Hall–Kier alpha value is -0.570. The second-order valence-corrected chi connectivity index (χ2v) is 3.40. The molecule has 0 radical (unpaired) electrons. The van der Waals surface area contributed by atoms with Crippen LogP contribution in [-0.2, 0) is 0 Å². The molecule has 0 bridgehead atoms. The first-order valence-electron chi connectivity index (χ1n) is 4.15. The molecule has 3 heteroatoms. The molecule has 0 aromatic heterocycles. The molecule has 0 amide bonds. The summed E-state index contributed by atoms with van der Waals surface area (Å²) in [6, 6.07) is 0.567. The summed E-state index contributed by atoms with van der Waals surface area (Å²) in [6.07, 6.45) is 3.38. The monoisotopic (exact) mass is 155 g/mol. The zero-order valence-corrected chi connectivity index (χ0v) is 7.38. The quantitative estimate of drug-likeness (QED) is 0.473. The molecular formula is C8H17N3. The van der Waals surface area contributed by atoms with Gasteiger partial charge in [-0.2, -0.15) is 0 Å². The largest absolute Gasteiger partial charge is 0.387 e.